The van der Waals surface area contributed by atoms with Gasteiger partial charge in [0, 0.05) is 17.4 Å². The standard InChI is InChI=1S/C13H11F2NO2/c14-10-5-9(7-17)6-11(15)12(10)18-8-13(1-2-13)3-4-16/h5-7H,1-3,8H2. The fourth-order valence-electron chi connectivity index (χ4n) is 1.73. The van der Waals surface area contributed by atoms with Gasteiger partial charge in [0.2, 0.25) is 0 Å². The summed E-state index contributed by atoms with van der Waals surface area (Å²) in [6, 6.07) is 3.89. The third kappa shape index (κ3) is 2.48. The minimum absolute atomic E-state index is 0.0736. The molecule has 0 saturated heterocycles. The Balaban J connectivity index is 2.11. The lowest BCUT2D eigenvalue weighted by atomic mass is 10.1. The van der Waals surface area contributed by atoms with Crippen LogP contribution < -0.4 is 4.74 Å². The van der Waals surface area contributed by atoms with E-state index in [0.717, 1.165) is 25.0 Å². The normalized spacial score (nSPS) is 15.8. The first kappa shape index (κ1) is 12.5. The minimum Gasteiger partial charge on any atom is -0.487 e. The third-order valence-electron chi connectivity index (χ3n) is 3.09. The Hall–Kier alpha value is -1.96. The van der Waals surface area contributed by atoms with E-state index in [9.17, 15) is 13.6 Å². The Morgan fingerprint density at radius 1 is 1.39 bits per heavy atom. The van der Waals surface area contributed by atoms with Crippen LogP contribution in [0, 0.1) is 28.4 Å². The first-order chi connectivity index (χ1) is 8.60. The second kappa shape index (κ2) is 4.73. The van der Waals surface area contributed by atoms with Gasteiger partial charge >= 0.3 is 0 Å². The number of nitrogens with zero attached hydrogens (tertiary/aromatic N) is 1. The summed E-state index contributed by atoms with van der Waals surface area (Å²) in [7, 11) is 0. The van der Waals surface area contributed by atoms with Crippen molar-refractivity contribution >= 4 is 6.29 Å². The highest BCUT2D eigenvalue weighted by Gasteiger charge is 2.43. The molecule has 1 aromatic carbocycles. The fourth-order valence-corrected chi connectivity index (χ4v) is 1.73. The van der Waals surface area contributed by atoms with Crippen LogP contribution in [0.25, 0.3) is 0 Å². The topological polar surface area (TPSA) is 50.1 Å². The van der Waals surface area contributed by atoms with Gasteiger partial charge in [-0.2, -0.15) is 5.26 Å². The molecule has 0 bridgehead atoms. The Morgan fingerprint density at radius 2 is 2.00 bits per heavy atom. The van der Waals surface area contributed by atoms with Gasteiger partial charge in [-0.15, -0.1) is 0 Å². The molecule has 0 radical (unpaired) electrons. The van der Waals surface area contributed by atoms with Crippen molar-refractivity contribution in [2.75, 3.05) is 6.61 Å². The highest BCUT2D eigenvalue weighted by atomic mass is 19.1. The molecule has 0 spiro atoms. The maximum atomic E-state index is 13.5. The number of hydrogen-bond donors (Lipinski definition) is 0. The zero-order valence-electron chi connectivity index (χ0n) is 9.58. The van der Waals surface area contributed by atoms with E-state index >= 15 is 0 Å². The molecule has 0 N–H and O–H groups in total. The molecule has 0 unspecified atom stereocenters. The highest BCUT2D eigenvalue weighted by molar-refractivity contribution is 5.75. The molecule has 2 rings (SSSR count). The molecule has 1 aromatic rings. The fraction of sp³-hybridized carbons (Fsp3) is 0.385. The average molecular weight is 251 g/mol. The lowest BCUT2D eigenvalue weighted by Crippen LogP contribution is -2.14. The van der Waals surface area contributed by atoms with Crippen molar-refractivity contribution in [3.05, 3.63) is 29.3 Å². The van der Waals surface area contributed by atoms with E-state index in [1.807, 2.05) is 6.07 Å². The molecule has 0 heterocycles. The predicted octanol–water partition coefficient (Wildman–Crippen LogP) is 2.85. The van der Waals surface area contributed by atoms with Crippen LogP contribution in [0.1, 0.15) is 29.6 Å². The van der Waals surface area contributed by atoms with Gasteiger partial charge in [-0.05, 0) is 25.0 Å². The first-order valence-corrected chi connectivity index (χ1v) is 5.54. The van der Waals surface area contributed by atoms with E-state index in [-0.39, 0.29) is 17.6 Å². The van der Waals surface area contributed by atoms with Gasteiger partial charge < -0.3 is 4.74 Å². The van der Waals surface area contributed by atoms with Crippen molar-refractivity contribution in [2.24, 2.45) is 5.41 Å². The van der Waals surface area contributed by atoms with E-state index in [0.29, 0.717) is 12.7 Å². The van der Waals surface area contributed by atoms with E-state index in [1.165, 1.54) is 0 Å². The van der Waals surface area contributed by atoms with Crippen LogP contribution in [0.4, 0.5) is 8.78 Å². The van der Waals surface area contributed by atoms with Gasteiger partial charge in [-0.3, -0.25) is 4.79 Å². The molecule has 0 aliphatic heterocycles. The molecule has 1 fully saturated rings. The summed E-state index contributed by atoms with van der Waals surface area (Å²) in [6.45, 7) is 0.120. The summed E-state index contributed by atoms with van der Waals surface area (Å²) in [5.41, 5.74) is -0.327. The summed E-state index contributed by atoms with van der Waals surface area (Å²) >= 11 is 0. The van der Waals surface area contributed by atoms with Crippen LogP contribution in [0.5, 0.6) is 5.75 Å². The molecule has 0 amide bonds. The SMILES string of the molecule is N#CCC1(COc2c(F)cc(C=O)cc2F)CC1. The minimum atomic E-state index is -0.898. The number of nitriles is 1. The lowest BCUT2D eigenvalue weighted by Gasteiger charge is -2.14. The van der Waals surface area contributed by atoms with Crippen molar-refractivity contribution in [2.45, 2.75) is 19.3 Å². The number of rotatable bonds is 5. The smallest absolute Gasteiger partial charge is 0.190 e. The molecule has 94 valence electrons. The molecule has 0 aromatic heterocycles. The largest absolute Gasteiger partial charge is 0.487 e. The lowest BCUT2D eigenvalue weighted by molar-refractivity contribution is 0.112. The van der Waals surface area contributed by atoms with Crippen molar-refractivity contribution in [3.63, 3.8) is 0 Å². The molecule has 0 atom stereocenters. The Labute approximate surface area is 103 Å². The van der Waals surface area contributed by atoms with E-state index < -0.39 is 17.4 Å². The molecule has 1 saturated carbocycles. The van der Waals surface area contributed by atoms with Gasteiger partial charge in [0.05, 0.1) is 12.7 Å². The first-order valence-electron chi connectivity index (χ1n) is 5.54. The van der Waals surface area contributed by atoms with Crippen LogP contribution in [0.3, 0.4) is 0 Å². The van der Waals surface area contributed by atoms with Gasteiger partial charge in [0.15, 0.2) is 17.4 Å². The monoisotopic (exact) mass is 251 g/mol. The van der Waals surface area contributed by atoms with Crippen LogP contribution in [-0.2, 0) is 0 Å². The van der Waals surface area contributed by atoms with Gasteiger partial charge in [0.1, 0.15) is 6.29 Å². The van der Waals surface area contributed by atoms with Crippen LogP contribution in [-0.4, -0.2) is 12.9 Å². The zero-order valence-corrected chi connectivity index (χ0v) is 9.58. The summed E-state index contributed by atoms with van der Waals surface area (Å²) in [4.78, 5) is 10.4. The molecule has 5 heteroatoms. The quantitative estimate of drug-likeness (QED) is 0.756. The number of halogens is 2. The van der Waals surface area contributed by atoms with Crippen molar-refractivity contribution < 1.29 is 18.3 Å². The number of carbonyl (C=O) groups excluding carboxylic acids is 1. The van der Waals surface area contributed by atoms with Crippen molar-refractivity contribution in [1.29, 1.82) is 5.26 Å². The van der Waals surface area contributed by atoms with Crippen LogP contribution >= 0.6 is 0 Å². The Morgan fingerprint density at radius 3 is 2.44 bits per heavy atom. The molecule has 18 heavy (non-hydrogen) atoms. The molecule has 1 aliphatic rings. The second-order valence-electron chi connectivity index (χ2n) is 4.56. The number of benzene rings is 1. The summed E-state index contributed by atoms with van der Waals surface area (Å²) < 4.78 is 32.1. The van der Waals surface area contributed by atoms with Crippen LogP contribution in [0.2, 0.25) is 0 Å². The Kier molecular flexibility index (Phi) is 3.28. The molecule has 3 nitrogen and oxygen atoms in total. The predicted molar refractivity (Wildman–Crippen MR) is 59.1 cm³/mol. The molecule has 1 aliphatic carbocycles. The number of hydrogen-bond acceptors (Lipinski definition) is 3. The zero-order chi connectivity index (χ0) is 13.2. The van der Waals surface area contributed by atoms with E-state index in [1.54, 1.807) is 0 Å². The molecular formula is C13H11F2NO2. The highest BCUT2D eigenvalue weighted by Crippen LogP contribution is 2.48. The van der Waals surface area contributed by atoms with E-state index in [2.05, 4.69) is 0 Å². The molecular weight excluding hydrogens is 240 g/mol. The van der Waals surface area contributed by atoms with Gasteiger partial charge in [0.25, 0.3) is 0 Å². The maximum Gasteiger partial charge on any atom is 0.190 e. The van der Waals surface area contributed by atoms with Crippen molar-refractivity contribution in [1.82, 2.24) is 0 Å². The maximum absolute atomic E-state index is 13.5. The summed E-state index contributed by atoms with van der Waals surface area (Å²) in [5.74, 6) is -2.28. The summed E-state index contributed by atoms with van der Waals surface area (Å²) in [5, 5.41) is 8.62. The number of carbonyl (C=O) groups is 1. The second-order valence-corrected chi connectivity index (χ2v) is 4.56. The van der Waals surface area contributed by atoms with Crippen molar-refractivity contribution in [3.8, 4) is 11.8 Å². The van der Waals surface area contributed by atoms with Gasteiger partial charge in [-0.25, -0.2) is 8.78 Å². The average Bonchev–Trinajstić information content (AvgIpc) is 3.08. The van der Waals surface area contributed by atoms with E-state index in [4.69, 9.17) is 10.00 Å². The number of ether oxygens (including phenoxy) is 1. The Bertz CT molecular complexity index is 495. The van der Waals surface area contributed by atoms with Gasteiger partial charge in [-0.1, -0.05) is 0 Å². The van der Waals surface area contributed by atoms with Crippen LogP contribution in [0.15, 0.2) is 12.1 Å². The number of aldehydes is 1. The third-order valence-corrected chi connectivity index (χ3v) is 3.09. The summed E-state index contributed by atoms with van der Waals surface area (Å²) in [6.07, 6.45) is 2.35.